The van der Waals surface area contributed by atoms with Crippen LogP contribution in [0.3, 0.4) is 0 Å². The molecule has 0 radical (unpaired) electrons. The normalized spacial score (nSPS) is 15.3. The summed E-state index contributed by atoms with van der Waals surface area (Å²) in [5, 5.41) is 0. The number of aromatic nitrogens is 1. The number of ether oxygens (including phenoxy) is 1. The number of nitrogens with one attached hydrogen (secondary N) is 1. The Morgan fingerprint density at radius 3 is 2.25 bits per heavy atom. The van der Waals surface area contributed by atoms with E-state index in [9.17, 15) is 4.79 Å². The van der Waals surface area contributed by atoms with Crippen molar-refractivity contribution in [3.63, 3.8) is 0 Å². The van der Waals surface area contributed by atoms with Gasteiger partial charge in [-0.2, -0.15) is 0 Å². The van der Waals surface area contributed by atoms with E-state index in [1.165, 1.54) is 57.3 Å². The van der Waals surface area contributed by atoms with Gasteiger partial charge in [0.05, 0.1) is 18.0 Å². The lowest BCUT2D eigenvalue weighted by atomic mass is 9.92. The molecule has 170 valence electrons. The van der Waals surface area contributed by atoms with E-state index in [0.29, 0.717) is 6.61 Å². The molecule has 0 aliphatic carbocycles. The zero-order valence-electron chi connectivity index (χ0n) is 20.6. The minimum atomic E-state index is -0.220. The first kappa shape index (κ1) is 23.8. The number of esters is 1. The van der Waals surface area contributed by atoms with Crippen LogP contribution in [0.5, 0.6) is 0 Å². The zero-order valence-corrected chi connectivity index (χ0v) is 20.6. The summed E-state index contributed by atoms with van der Waals surface area (Å²) in [6.45, 7) is 15.0. The Bertz CT molecular complexity index is 1100. The van der Waals surface area contributed by atoms with E-state index in [-0.39, 0.29) is 5.97 Å². The Morgan fingerprint density at radius 2 is 1.72 bits per heavy atom. The number of aryl methyl sites for hydroxylation is 2. The fourth-order valence-corrected chi connectivity index (χ4v) is 4.80. The fourth-order valence-electron chi connectivity index (χ4n) is 4.80. The van der Waals surface area contributed by atoms with Gasteiger partial charge in [0.1, 0.15) is 0 Å². The van der Waals surface area contributed by atoms with Crippen molar-refractivity contribution in [2.75, 3.05) is 6.61 Å². The summed E-state index contributed by atoms with van der Waals surface area (Å²) >= 11 is 0. The fraction of sp³-hybridized carbons (Fsp3) is 0.429. The van der Waals surface area contributed by atoms with Crippen LogP contribution < -0.4 is 0 Å². The topological polar surface area (TPSA) is 54.5 Å². The molecule has 0 unspecified atom stereocenters. The number of hydrogen-bond acceptors (Lipinski definition) is 3. The first-order valence-electron chi connectivity index (χ1n) is 11.7. The molecule has 32 heavy (non-hydrogen) atoms. The average molecular weight is 433 g/mol. The molecular formula is C28H36N2O2. The Balaban J connectivity index is 2.05. The van der Waals surface area contributed by atoms with E-state index >= 15 is 0 Å². The van der Waals surface area contributed by atoms with Crippen molar-refractivity contribution < 1.29 is 9.53 Å². The van der Waals surface area contributed by atoms with Crippen LogP contribution >= 0.6 is 0 Å². The van der Waals surface area contributed by atoms with Gasteiger partial charge in [0.2, 0.25) is 0 Å². The van der Waals surface area contributed by atoms with E-state index in [1.807, 2.05) is 0 Å². The molecule has 1 aliphatic heterocycles. The molecule has 3 rings (SSSR count). The first-order chi connectivity index (χ1) is 15.3. The van der Waals surface area contributed by atoms with Gasteiger partial charge in [-0.1, -0.05) is 38.1 Å². The summed E-state index contributed by atoms with van der Waals surface area (Å²) in [6.07, 6.45) is 3.71. The van der Waals surface area contributed by atoms with Crippen LogP contribution in [0, 0.1) is 13.8 Å². The molecule has 0 atom stereocenters. The second-order valence-corrected chi connectivity index (χ2v) is 8.60. The van der Waals surface area contributed by atoms with Crippen molar-refractivity contribution in [3.05, 3.63) is 74.8 Å². The molecule has 0 saturated carbocycles. The van der Waals surface area contributed by atoms with Crippen LogP contribution in [-0.2, 0) is 22.4 Å². The van der Waals surface area contributed by atoms with Crippen LogP contribution in [0.25, 0.3) is 5.57 Å². The Labute approximate surface area is 192 Å². The molecular weight excluding hydrogens is 396 g/mol. The maximum Gasteiger partial charge on any atom is 0.302 e. The molecule has 2 heterocycles. The molecule has 0 saturated heterocycles. The number of nitrogens with zero attached hydrogens (tertiary/aromatic N) is 1. The van der Waals surface area contributed by atoms with Crippen molar-refractivity contribution in [2.24, 2.45) is 4.99 Å². The SMILES string of the molecule is CCC1=C(C)/C(=C(\c2ccc(CCCOC(C)=O)cc2)c2[nH]c(C)c(CC)c2C)N=C1C. The summed E-state index contributed by atoms with van der Waals surface area (Å²) in [5.41, 5.74) is 13.5. The molecule has 4 nitrogen and oxygen atoms in total. The maximum absolute atomic E-state index is 11.0. The highest BCUT2D eigenvalue weighted by Gasteiger charge is 2.24. The van der Waals surface area contributed by atoms with Gasteiger partial charge < -0.3 is 9.72 Å². The Morgan fingerprint density at radius 1 is 1.03 bits per heavy atom. The average Bonchev–Trinajstić information content (AvgIpc) is 3.20. The highest BCUT2D eigenvalue weighted by molar-refractivity contribution is 6.05. The minimum absolute atomic E-state index is 0.220. The third-order valence-electron chi connectivity index (χ3n) is 6.47. The molecule has 2 aromatic rings. The number of carbonyl (C=O) groups excluding carboxylic acids is 1. The summed E-state index contributed by atoms with van der Waals surface area (Å²) in [6, 6.07) is 8.77. The minimum Gasteiger partial charge on any atom is -0.466 e. The second-order valence-electron chi connectivity index (χ2n) is 8.60. The van der Waals surface area contributed by atoms with Crippen LogP contribution in [0.1, 0.15) is 81.1 Å². The van der Waals surface area contributed by atoms with Crippen molar-refractivity contribution in [1.29, 1.82) is 0 Å². The summed E-state index contributed by atoms with van der Waals surface area (Å²) in [7, 11) is 0. The smallest absolute Gasteiger partial charge is 0.302 e. The quantitative estimate of drug-likeness (QED) is 0.375. The first-order valence-corrected chi connectivity index (χ1v) is 11.7. The number of benzene rings is 1. The molecule has 1 aliphatic rings. The van der Waals surface area contributed by atoms with E-state index < -0.39 is 0 Å². The monoisotopic (exact) mass is 432 g/mol. The third-order valence-corrected chi connectivity index (χ3v) is 6.47. The number of rotatable bonds is 8. The molecule has 0 spiro atoms. The number of aliphatic imine (C=N–C) groups is 1. The van der Waals surface area contributed by atoms with Crippen molar-refractivity contribution in [2.45, 2.75) is 74.1 Å². The van der Waals surface area contributed by atoms with Gasteiger partial charge in [0.15, 0.2) is 0 Å². The van der Waals surface area contributed by atoms with E-state index in [2.05, 4.69) is 70.8 Å². The van der Waals surface area contributed by atoms with E-state index in [0.717, 1.165) is 37.1 Å². The summed E-state index contributed by atoms with van der Waals surface area (Å²) < 4.78 is 5.06. The number of allylic oxidation sites excluding steroid dienone is 2. The van der Waals surface area contributed by atoms with Crippen LogP contribution in [-0.4, -0.2) is 23.3 Å². The molecule has 4 heteroatoms. The van der Waals surface area contributed by atoms with Crippen LogP contribution in [0.15, 0.2) is 46.1 Å². The predicted molar refractivity (Wildman–Crippen MR) is 133 cm³/mol. The molecule has 0 amide bonds. The number of hydrogen-bond donors (Lipinski definition) is 1. The van der Waals surface area contributed by atoms with Crippen LogP contribution in [0.4, 0.5) is 0 Å². The number of carbonyl (C=O) groups is 1. The van der Waals surface area contributed by atoms with Gasteiger partial charge in [-0.3, -0.25) is 9.79 Å². The molecule has 0 bridgehead atoms. The van der Waals surface area contributed by atoms with Gasteiger partial charge in [-0.25, -0.2) is 0 Å². The molecule has 0 fully saturated rings. The third kappa shape index (κ3) is 4.79. The highest BCUT2D eigenvalue weighted by Crippen LogP contribution is 2.38. The number of H-pyrrole nitrogens is 1. The van der Waals surface area contributed by atoms with Crippen molar-refractivity contribution >= 4 is 17.3 Å². The van der Waals surface area contributed by atoms with Gasteiger partial charge in [-0.15, -0.1) is 0 Å². The van der Waals surface area contributed by atoms with Gasteiger partial charge in [0, 0.05) is 23.9 Å². The summed E-state index contributed by atoms with van der Waals surface area (Å²) in [5.74, 6) is -0.220. The highest BCUT2D eigenvalue weighted by atomic mass is 16.5. The lowest BCUT2D eigenvalue weighted by Crippen LogP contribution is -2.02. The Hall–Kier alpha value is -2.88. The van der Waals surface area contributed by atoms with Crippen molar-refractivity contribution in [3.8, 4) is 0 Å². The van der Waals surface area contributed by atoms with Gasteiger partial charge in [-0.05, 0) is 86.8 Å². The molecule has 1 aromatic carbocycles. The summed E-state index contributed by atoms with van der Waals surface area (Å²) in [4.78, 5) is 19.7. The standard InChI is InChI=1S/C28H36N2O2/c1-8-24-17(3)27(29-19(24)5)26(28-18(4)25(9-2)20(6)30-28)23-14-12-22(13-15-23)11-10-16-32-21(7)31/h12-15,29H,8-11,16H2,1-7H3/b28-26-. The second kappa shape index (κ2) is 10.2. The maximum atomic E-state index is 11.0. The zero-order chi connectivity index (χ0) is 23.4. The van der Waals surface area contributed by atoms with E-state index in [1.54, 1.807) is 0 Å². The lowest BCUT2D eigenvalue weighted by molar-refractivity contribution is -0.141. The molecule has 1 aromatic heterocycles. The van der Waals surface area contributed by atoms with Gasteiger partial charge >= 0.3 is 5.97 Å². The van der Waals surface area contributed by atoms with E-state index in [4.69, 9.17) is 9.73 Å². The van der Waals surface area contributed by atoms with Crippen molar-refractivity contribution in [1.82, 2.24) is 4.98 Å². The predicted octanol–water partition coefficient (Wildman–Crippen LogP) is 6.65. The van der Waals surface area contributed by atoms with Crippen LogP contribution in [0.2, 0.25) is 0 Å². The Kier molecular flexibility index (Phi) is 7.55. The lowest BCUT2D eigenvalue weighted by Gasteiger charge is -2.14. The molecule has 1 N–H and O–H groups in total. The number of aromatic amines is 1. The van der Waals surface area contributed by atoms with Gasteiger partial charge in [0.25, 0.3) is 0 Å². The largest absolute Gasteiger partial charge is 0.466 e.